The highest BCUT2D eigenvalue weighted by molar-refractivity contribution is 5.85. The zero-order chi connectivity index (χ0) is 16.0. The number of anilines is 1. The van der Waals surface area contributed by atoms with Crippen molar-refractivity contribution in [3.8, 4) is 0 Å². The van der Waals surface area contributed by atoms with Gasteiger partial charge in [0.25, 0.3) is 0 Å². The number of nitrogens with two attached hydrogens (primary N) is 1. The van der Waals surface area contributed by atoms with Gasteiger partial charge in [0.05, 0.1) is 12.1 Å². The van der Waals surface area contributed by atoms with Crippen LogP contribution >= 0.6 is 0 Å². The number of aliphatic hydroxyl groups is 1. The van der Waals surface area contributed by atoms with Crippen molar-refractivity contribution in [2.75, 3.05) is 5.73 Å². The quantitative estimate of drug-likeness (QED) is 0.727. The second kappa shape index (κ2) is 5.28. The Balaban J connectivity index is 1.73. The third-order valence-electron chi connectivity index (χ3n) is 4.43. The van der Waals surface area contributed by atoms with Crippen LogP contribution in [0.5, 0.6) is 0 Å². The molecule has 0 aliphatic heterocycles. The fourth-order valence-electron chi connectivity index (χ4n) is 3.12. The summed E-state index contributed by atoms with van der Waals surface area (Å²) in [6, 6.07) is 9.52. The third-order valence-corrected chi connectivity index (χ3v) is 4.43. The summed E-state index contributed by atoms with van der Waals surface area (Å²) in [5.74, 6) is 1.51. The minimum atomic E-state index is -0.00568. The number of nitrogens with zero attached hydrogens (tertiary/aromatic N) is 3. The van der Waals surface area contributed by atoms with Crippen LogP contribution in [0, 0.1) is 6.92 Å². The minimum absolute atomic E-state index is 0.00568. The van der Waals surface area contributed by atoms with E-state index >= 15 is 0 Å². The van der Waals surface area contributed by atoms with Crippen molar-refractivity contribution in [1.29, 1.82) is 0 Å². The summed E-state index contributed by atoms with van der Waals surface area (Å²) < 4.78 is 0. The topological polar surface area (TPSA) is 84.9 Å². The molecule has 3 N–H and O–H groups in total. The Bertz CT molecular complexity index is 893. The monoisotopic (exact) mass is 306 g/mol. The molecule has 2 atom stereocenters. The van der Waals surface area contributed by atoms with E-state index in [1.165, 1.54) is 0 Å². The standard InChI is InChI=1S/C18H18N4O/c1-10-4-5-20-18(21-10)15-8-14(15)16-6-11(9-23)13-3-2-12(19)7-17(13)22-16/h2-7,14-15,23H,8-9,19H2,1H3/t14-,15-/m0/s1. The van der Waals surface area contributed by atoms with Crippen LogP contribution in [0.2, 0.25) is 0 Å². The maximum absolute atomic E-state index is 9.67. The molecule has 2 aromatic heterocycles. The van der Waals surface area contributed by atoms with E-state index < -0.39 is 0 Å². The Labute approximate surface area is 134 Å². The molecule has 0 unspecified atom stereocenters. The van der Waals surface area contributed by atoms with Crippen LogP contribution in [0.3, 0.4) is 0 Å². The fourth-order valence-corrected chi connectivity index (χ4v) is 3.12. The maximum atomic E-state index is 9.67. The van der Waals surface area contributed by atoms with Crippen LogP contribution in [-0.4, -0.2) is 20.1 Å². The van der Waals surface area contributed by atoms with Gasteiger partial charge in [-0.1, -0.05) is 6.07 Å². The molecule has 0 bridgehead atoms. The Morgan fingerprint density at radius 3 is 2.83 bits per heavy atom. The molecule has 1 fully saturated rings. The zero-order valence-electron chi connectivity index (χ0n) is 12.9. The molecule has 0 amide bonds. The van der Waals surface area contributed by atoms with Gasteiger partial charge in [-0.3, -0.25) is 4.98 Å². The van der Waals surface area contributed by atoms with Crippen LogP contribution in [-0.2, 0) is 6.61 Å². The minimum Gasteiger partial charge on any atom is -0.399 e. The first-order valence-corrected chi connectivity index (χ1v) is 7.75. The van der Waals surface area contributed by atoms with Gasteiger partial charge in [-0.05, 0) is 43.2 Å². The molecule has 1 saturated carbocycles. The van der Waals surface area contributed by atoms with Crippen molar-refractivity contribution in [2.45, 2.75) is 31.8 Å². The predicted molar refractivity (Wildman–Crippen MR) is 88.9 cm³/mol. The Morgan fingerprint density at radius 1 is 1.17 bits per heavy atom. The van der Waals surface area contributed by atoms with Crippen LogP contribution in [0.4, 0.5) is 5.69 Å². The first kappa shape index (κ1) is 14.1. The largest absolute Gasteiger partial charge is 0.399 e. The number of rotatable bonds is 3. The number of aromatic nitrogens is 3. The van der Waals surface area contributed by atoms with Crippen LogP contribution in [0.1, 0.15) is 41.0 Å². The van der Waals surface area contributed by atoms with Gasteiger partial charge in [-0.2, -0.15) is 0 Å². The van der Waals surface area contributed by atoms with E-state index in [1.54, 1.807) is 6.20 Å². The van der Waals surface area contributed by atoms with Crippen molar-refractivity contribution < 1.29 is 5.11 Å². The Kier molecular flexibility index (Phi) is 3.23. The predicted octanol–water partition coefficient (Wildman–Crippen LogP) is 2.68. The van der Waals surface area contributed by atoms with Crippen LogP contribution in [0.15, 0.2) is 36.5 Å². The Morgan fingerprint density at radius 2 is 2.04 bits per heavy atom. The van der Waals surface area contributed by atoms with E-state index in [4.69, 9.17) is 10.7 Å². The molecule has 5 heteroatoms. The van der Waals surface area contributed by atoms with E-state index in [0.29, 0.717) is 17.5 Å². The summed E-state index contributed by atoms with van der Waals surface area (Å²) in [6.45, 7) is 1.97. The second-order valence-corrected chi connectivity index (χ2v) is 6.15. The number of aliphatic hydroxyl groups excluding tert-OH is 1. The zero-order valence-corrected chi connectivity index (χ0v) is 12.9. The normalized spacial score (nSPS) is 19.9. The molecule has 3 aromatic rings. The van der Waals surface area contributed by atoms with Crippen molar-refractivity contribution >= 4 is 16.6 Å². The van der Waals surface area contributed by atoms with E-state index in [0.717, 1.165) is 40.1 Å². The molecule has 23 heavy (non-hydrogen) atoms. The lowest BCUT2D eigenvalue weighted by Crippen LogP contribution is -1.98. The lowest BCUT2D eigenvalue weighted by atomic mass is 10.1. The smallest absolute Gasteiger partial charge is 0.132 e. The van der Waals surface area contributed by atoms with Gasteiger partial charge in [0, 0.05) is 40.5 Å². The van der Waals surface area contributed by atoms with Gasteiger partial charge in [-0.15, -0.1) is 0 Å². The number of hydrogen-bond donors (Lipinski definition) is 2. The fraction of sp³-hybridized carbons (Fsp3) is 0.278. The molecule has 2 heterocycles. The van der Waals surface area contributed by atoms with E-state index in [9.17, 15) is 5.11 Å². The molecular formula is C18H18N4O. The number of benzene rings is 1. The summed E-state index contributed by atoms with van der Waals surface area (Å²) in [6.07, 6.45) is 2.80. The molecule has 1 aliphatic rings. The molecular weight excluding hydrogens is 288 g/mol. The highest BCUT2D eigenvalue weighted by Crippen LogP contribution is 2.53. The van der Waals surface area contributed by atoms with Crippen LogP contribution < -0.4 is 5.73 Å². The van der Waals surface area contributed by atoms with Crippen molar-refractivity contribution in [3.05, 3.63) is 59.3 Å². The first-order chi connectivity index (χ1) is 11.2. The SMILES string of the molecule is Cc1ccnc([C@H]2C[C@@H]2c2cc(CO)c3ccc(N)cc3n2)n1. The summed E-state index contributed by atoms with van der Waals surface area (Å²) in [7, 11) is 0. The first-order valence-electron chi connectivity index (χ1n) is 7.75. The van der Waals surface area contributed by atoms with Gasteiger partial charge in [0.15, 0.2) is 0 Å². The summed E-state index contributed by atoms with van der Waals surface area (Å²) >= 11 is 0. The number of fused-ring (bicyclic) bond motifs is 1. The molecule has 1 aromatic carbocycles. The summed E-state index contributed by atoms with van der Waals surface area (Å²) in [5.41, 5.74) is 10.2. The summed E-state index contributed by atoms with van der Waals surface area (Å²) in [4.78, 5) is 13.7. The van der Waals surface area contributed by atoms with Gasteiger partial charge in [0.2, 0.25) is 0 Å². The lowest BCUT2D eigenvalue weighted by Gasteiger charge is -2.08. The van der Waals surface area contributed by atoms with E-state index in [-0.39, 0.29) is 6.61 Å². The number of aryl methyl sites for hydroxylation is 1. The molecule has 5 nitrogen and oxygen atoms in total. The van der Waals surface area contributed by atoms with Gasteiger partial charge in [-0.25, -0.2) is 9.97 Å². The maximum Gasteiger partial charge on any atom is 0.132 e. The van der Waals surface area contributed by atoms with Gasteiger partial charge >= 0.3 is 0 Å². The van der Waals surface area contributed by atoms with Crippen molar-refractivity contribution in [3.63, 3.8) is 0 Å². The molecule has 0 spiro atoms. The third kappa shape index (κ3) is 2.53. The molecule has 4 rings (SSSR count). The van der Waals surface area contributed by atoms with E-state index in [1.807, 2.05) is 37.3 Å². The number of nitrogen functional groups attached to an aromatic ring is 1. The van der Waals surface area contributed by atoms with Gasteiger partial charge < -0.3 is 10.8 Å². The number of hydrogen-bond acceptors (Lipinski definition) is 5. The second-order valence-electron chi connectivity index (χ2n) is 6.15. The molecule has 0 saturated heterocycles. The summed E-state index contributed by atoms with van der Waals surface area (Å²) in [5, 5.41) is 10.6. The van der Waals surface area contributed by atoms with Crippen molar-refractivity contribution in [2.24, 2.45) is 0 Å². The van der Waals surface area contributed by atoms with E-state index in [2.05, 4.69) is 9.97 Å². The molecule has 0 radical (unpaired) electrons. The Hall–Kier alpha value is -2.53. The van der Waals surface area contributed by atoms with Crippen LogP contribution in [0.25, 0.3) is 10.9 Å². The van der Waals surface area contributed by atoms with Gasteiger partial charge in [0.1, 0.15) is 5.82 Å². The van der Waals surface area contributed by atoms with Crippen molar-refractivity contribution in [1.82, 2.24) is 15.0 Å². The highest BCUT2D eigenvalue weighted by Gasteiger charge is 2.43. The number of pyridine rings is 1. The highest BCUT2D eigenvalue weighted by atomic mass is 16.3. The average molecular weight is 306 g/mol. The molecule has 116 valence electrons. The average Bonchev–Trinajstić information content (AvgIpc) is 3.34. The lowest BCUT2D eigenvalue weighted by molar-refractivity contribution is 0.283. The molecule has 1 aliphatic carbocycles.